The van der Waals surface area contributed by atoms with E-state index >= 15 is 0 Å². The van der Waals surface area contributed by atoms with E-state index < -0.39 is 0 Å². The van der Waals surface area contributed by atoms with Crippen molar-refractivity contribution in [3.05, 3.63) is 58.1 Å². The molecule has 2 fully saturated rings. The predicted molar refractivity (Wildman–Crippen MR) is 142 cm³/mol. The second-order valence-electron chi connectivity index (χ2n) is 8.64. The highest BCUT2D eigenvalue weighted by molar-refractivity contribution is 7.80. The number of hydrogen-bond donors (Lipinski definition) is 1. The van der Waals surface area contributed by atoms with E-state index in [-0.39, 0.29) is 16.5 Å². The first kappa shape index (κ1) is 25.6. The molecule has 2 aliphatic heterocycles. The Morgan fingerprint density at radius 3 is 2.53 bits per heavy atom. The Labute approximate surface area is 215 Å². The Hall–Kier alpha value is -3.44. The lowest BCUT2D eigenvalue weighted by molar-refractivity contribution is -0.384. The van der Waals surface area contributed by atoms with Crippen LogP contribution in [0.15, 0.2) is 42.5 Å². The summed E-state index contributed by atoms with van der Waals surface area (Å²) >= 11 is 5.51. The maximum absolute atomic E-state index is 12.7. The van der Waals surface area contributed by atoms with Crippen LogP contribution in [0, 0.1) is 10.1 Å². The van der Waals surface area contributed by atoms with Gasteiger partial charge in [0.1, 0.15) is 11.4 Å². The quantitative estimate of drug-likeness (QED) is 0.340. The lowest BCUT2D eigenvalue weighted by Gasteiger charge is -2.37. The molecule has 2 saturated heterocycles. The van der Waals surface area contributed by atoms with Crippen molar-refractivity contribution >= 4 is 40.3 Å². The molecule has 0 bridgehead atoms. The van der Waals surface area contributed by atoms with E-state index in [0.29, 0.717) is 81.2 Å². The second-order valence-corrected chi connectivity index (χ2v) is 9.03. The van der Waals surface area contributed by atoms with Gasteiger partial charge in [0.25, 0.3) is 11.6 Å². The smallest absolute Gasteiger partial charge is 0.292 e. The van der Waals surface area contributed by atoms with Crippen molar-refractivity contribution in [3.8, 4) is 5.75 Å². The SMILES string of the molecule is CCCOc1cccc(C(=O)NC(=S)N2CCN(c3ccc([N+](=O)[O-])c(N4CCOCC4)c3)CC2)c1. The summed E-state index contributed by atoms with van der Waals surface area (Å²) < 4.78 is 11.0. The molecule has 0 aromatic heterocycles. The van der Waals surface area contributed by atoms with Crippen molar-refractivity contribution in [2.75, 3.05) is 68.9 Å². The van der Waals surface area contributed by atoms with Gasteiger partial charge >= 0.3 is 0 Å². The normalized spacial score (nSPS) is 16.0. The lowest BCUT2D eigenvalue weighted by Crippen LogP contribution is -2.52. The number of amides is 1. The van der Waals surface area contributed by atoms with Gasteiger partial charge in [-0.3, -0.25) is 20.2 Å². The maximum Gasteiger partial charge on any atom is 0.292 e. The molecule has 0 spiro atoms. The van der Waals surface area contributed by atoms with E-state index in [1.54, 1.807) is 30.3 Å². The number of piperazine rings is 1. The molecule has 0 atom stereocenters. The summed E-state index contributed by atoms with van der Waals surface area (Å²) in [5.41, 5.74) is 2.15. The number of ether oxygens (including phenoxy) is 2. The van der Waals surface area contributed by atoms with Crippen molar-refractivity contribution in [2.24, 2.45) is 0 Å². The van der Waals surface area contributed by atoms with Crippen LogP contribution in [0.3, 0.4) is 0 Å². The van der Waals surface area contributed by atoms with E-state index in [9.17, 15) is 14.9 Å². The summed E-state index contributed by atoms with van der Waals surface area (Å²) in [6.45, 7) is 7.59. The van der Waals surface area contributed by atoms with Crippen LogP contribution in [0.2, 0.25) is 0 Å². The molecule has 2 heterocycles. The number of morpholine rings is 1. The first-order valence-electron chi connectivity index (χ1n) is 12.2. The average molecular weight is 514 g/mol. The summed E-state index contributed by atoms with van der Waals surface area (Å²) in [6, 6.07) is 12.3. The Kier molecular flexibility index (Phi) is 8.55. The molecule has 0 radical (unpaired) electrons. The number of hydrogen-bond acceptors (Lipinski definition) is 8. The molecule has 1 amide bonds. The molecule has 11 heteroatoms. The van der Waals surface area contributed by atoms with E-state index in [4.69, 9.17) is 21.7 Å². The topological polar surface area (TPSA) is 100 Å². The molecule has 0 unspecified atom stereocenters. The summed E-state index contributed by atoms with van der Waals surface area (Å²) in [4.78, 5) is 30.1. The number of rotatable bonds is 7. The Bertz CT molecular complexity index is 1100. The number of carbonyl (C=O) groups is 1. The zero-order chi connectivity index (χ0) is 25.5. The largest absolute Gasteiger partial charge is 0.494 e. The molecule has 1 N–H and O–H groups in total. The van der Waals surface area contributed by atoms with Crippen LogP contribution in [0.4, 0.5) is 17.1 Å². The number of nitro groups is 1. The zero-order valence-electron chi connectivity index (χ0n) is 20.4. The molecule has 2 aromatic rings. The summed E-state index contributed by atoms with van der Waals surface area (Å²) in [5, 5.41) is 14.8. The Morgan fingerprint density at radius 2 is 1.83 bits per heavy atom. The third kappa shape index (κ3) is 6.21. The second kappa shape index (κ2) is 12.0. The fourth-order valence-electron chi connectivity index (χ4n) is 4.28. The van der Waals surface area contributed by atoms with Gasteiger partial charge in [-0.25, -0.2) is 0 Å². The van der Waals surface area contributed by atoms with Crippen molar-refractivity contribution in [1.29, 1.82) is 0 Å². The average Bonchev–Trinajstić information content (AvgIpc) is 2.92. The van der Waals surface area contributed by atoms with Crippen molar-refractivity contribution in [2.45, 2.75) is 13.3 Å². The van der Waals surface area contributed by atoms with Crippen molar-refractivity contribution < 1.29 is 19.2 Å². The first-order valence-corrected chi connectivity index (χ1v) is 12.6. The van der Waals surface area contributed by atoms with Crippen LogP contribution in [-0.2, 0) is 4.74 Å². The highest BCUT2D eigenvalue weighted by Crippen LogP contribution is 2.33. The van der Waals surface area contributed by atoms with Crippen LogP contribution in [-0.4, -0.2) is 79.9 Å². The highest BCUT2D eigenvalue weighted by Gasteiger charge is 2.25. The number of carbonyl (C=O) groups excluding carboxylic acids is 1. The van der Waals surface area contributed by atoms with Crippen LogP contribution >= 0.6 is 12.2 Å². The van der Waals surface area contributed by atoms with Crippen LogP contribution < -0.4 is 19.9 Å². The lowest BCUT2D eigenvalue weighted by atomic mass is 10.1. The minimum atomic E-state index is -0.334. The number of thiocarbonyl (C=S) groups is 1. The Balaban J connectivity index is 1.36. The standard InChI is InChI=1S/C25H31N5O5S/c1-2-14-35-21-5-3-4-19(17-21)24(31)26-25(36)29-10-8-27(9-11-29)20-6-7-22(30(32)33)23(18-20)28-12-15-34-16-13-28/h3-7,17-18H,2,8-16H2,1H3,(H,26,31,36). The number of nitro benzene ring substituents is 1. The summed E-state index contributed by atoms with van der Waals surface area (Å²) in [6.07, 6.45) is 0.890. The summed E-state index contributed by atoms with van der Waals surface area (Å²) in [7, 11) is 0. The molecular formula is C25H31N5O5S. The highest BCUT2D eigenvalue weighted by atomic mass is 32.1. The first-order chi connectivity index (χ1) is 17.5. The van der Waals surface area contributed by atoms with E-state index in [1.165, 1.54) is 0 Å². The summed E-state index contributed by atoms with van der Waals surface area (Å²) in [5.74, 6) is 0.387. The molecule has 192 valence electrons. The van der Waals surface area contributed by atoms with Crippen molar-refractivity contribution in [1.82, 2.24) is 10.2 Å². The van der Waals surface area contributed by atoms with Gasteiger partial charge < -0.3 is 24.2 Å². The molecule has 10 nitrogen and oxygen atoms in total. The van der Waals surface area contributed by atoms with E-state index in [0.717, 1.165) is 12.1 Å². The third-order valence-corrected chi connectivity index (χ3v) is 6.59. The number of nitrogens with zero attached hydrogens (tertiary/aromatic N) is 4. The number of anilines is 2. The van der Waals surface area contributed by atoms with Gasteiger partial charge in [-0.15, -0.1) is 0 Å². The van der Waals surface area contributed by atoms with Gasteiger partial charge in [-0.2, -0.15) is 0 Å². The predicted octanol–water partition coefficient (Wildman–Crippen LogP) is 3.06. The molecular weight excluding hydrogens is 482 g/mol. The number of nitrogens with one attached hydrogen (secondary N) is 1. The van der Waals surface area contributed by atoms with Crippen LogP contribution in [0.25, 0.3) is 0 Å². The van der Waals surface area contributed by atoms with Gasteiger partial charge in [-0.05, 0) is 49.0 Å². The van der Waals surface area contributed by atoms with Crippen LogP contribution in [0.1, 0.15) is 23.7 Å². The fourth-order valence-corrected chi connectivity index (χ4v) is 4.56. The fraction of sp³-hybridized carbons (Fsp3) is 0.440. The molecule has 0 saturated carbocycles. The molecule has 2 aliphatic rings. The third-order valence-electron chi connectivity index (χ3n) is 6.23. The van der Waals surface area contributed by atoms with E-state index in [2.05, 4.69) is 10.2 Å². The monoisotopic (exact) mass is 513 g/mol. The minimum absolute atomic E-state index is 0.104. The van der Waals surface area contributed by atoms with Gasteiger partial charge in [0, 0.05) is 56.6 Å². The number of benzene rings is 2. The zero-order valence-corrected chi connectivity index (χ0v) is 21.2. The molecule has 36 heavy (non-hydrogen) atoms. The van der Waals surface area contributed by atoms with Gasteiger partial charge in [0.2, 0.25) is 0 Å². The van der Waals surface area contributed by atoms with Gasteiger partial charge in [0.15, 0.2) is 5.11 Å². The molecule has 2 aromatic carbocycles. The Morgan fingerprint density at radius 1 is 1.08 bits per heavy atom. The van der Waals surface area contributed by atoms with Crippen molar-refractivity contribution in [3.63, 3.8) is 0 Å². The van der Waals surface area contributed by atoms with Gasteiger partial charge in [-0.1, -0.05) is 13.0 Å². The molecule has 4 rings (SSSR count). The van der Waals surface area contributed by atoms with Gasteiger partial charge in [0.05, 0.1) is 24.7 Å². The molecule has 0 aliphatic carbocycles. The van der Waals surface area contributed by atoms with E-state index in [1.807, 2.05) is 28.9 Å². The minimum Gasteiger partial charge on any atom is -0.494 e. The van der Waals surface area contributed by atoms with Crippen LogP contribution in [0.5, 0.6) is 5.75 Å². The maximum atomic E-state index is 12.7.